The maximum Gasteiger partial charge on any atom is 0.0531 e. The molecular formula is C52H40N2. The van der Waals surface area contributed by atoms with Crippen LogP contribution in [0, 0.1) is 6.92 Å². The molecule has 8 aromatic rings. The molecule has 0 unspecified atom stereocenters. The van der Waals surface area contributed by atoms with Gasteiger partial charge in [-0.15, -0.1) is 0 Å². The van der Waals surface area contributed by atoms with Gasteiger partial charge in [-0.05, 0) is 128 Å². The van der Waals surface area contributed by atoms with Crippen molar-refractivity contribution in [2.45, 2.75) is 26.2 Å². The van der Waals surface area contributed by atoms with Crippen LogP contribution in [-0.4, -0.2) is 4.57 Å². The zero-order valence-electron chi connectivity index (χ0n) is 30.4. The van der Waals surface area contributed by atoms with E-state index in [0.29, 0.717) is 0 Å². The molecule has 0 radical (unpaired) electrons. The van der Waals surface area contributed by atoms with E-state index >= 15 is 0 Å². The number of hydrogen-bond acceptors (Lipinski definition) is 1. The largest absolute Gasteiger partial charge is 0.316 e. The normalized spacial score (nSPS) is 13.9. The summed E-state index contributed by atoms with van der Waals surface area (Å²) in [6.45, 7) is 2.19. The highest BCUT2D eigenvalue weighted by Gasteiger charge is 2.19. The Labute approximate surface area is 316 Å². The van der Waals surface area contributed by atoms with Crippen LogP contribution >= 0.6 is 0 Å². The summed E-state index contributed by atoms with van der Waals surface area (Å²) in [4.78, 5) is 2.44. The molecule has 2 aliphatic rings. The number of para-hydroxylation sites is 1. The van der Waals surface area contributed by atoms with Crippen molar-refractivity contribution in [2.75, 3.05) is 4.90 Å². The summed E-state index contributed by atoms with van der Waals surface area (Å²) in [5.41, 5.74) is 12.3. The molecule has 0 saturated heterocycles. The second-order valence-electron chi connectivity index (χ2n) is 14.4. The average Bonchev–Trinajstić information content (AvgIpc) is 3.38. The lowest BCUT2D eigenvalue weighted by atomic mass is 9.86. The van der Waals surface area contributed by atoms with Gasteiger partial charge >= 0.3 is 0 Å². The van der Waals surface area contributed by atoms with E-state index in [0.717, 1.165) is 36.3 Å². The van der Waals surface area contributed by atoms with Crippen LogP contribution in [0.25, 0.3) is 72.6 Å². The van der Waals surface area contributed by atoms with Crippen molar-refractivity contribution in [3.05, 3.63) is 198 Å². The Bertz CT molecular complexity index is 2960. The molecule has 0 aliphatic heterocycles. The first-order chi connectivity index (χ1) is 26.7. The van der Waals surface area contributed by atoms with Crippen LogP contribution in [0.15, 0.2) is 182 Å². The van der Waals surface area contributed by atoms with Crippen LogP contribution in [0.4, 0.5) is 11.4 Å². The fourth-order valence-corrected chi connectivity index (χ4v) is 8.65. The quantitative estimate of drug-likeness (QED) is 0.168. The molecule has 0 atom stereocenters. The van der Waals surface area contributed by atoms with E-state index in [9.17, 15) is 0 Å². The molecule has 0 amide bonds. The third-order valence-electron chi connectivity index (χ3n) is 11.2. The molecular weight excluding hydrogens is 653 g/mol. The first-order valence-corrected chi connectivity index (χ1v) is 19.1. The molecule has 1 aromatic heterocycles. The van der Waals surface area contributed by atoms with Crippen molar-refractivity contribution in [2.24, 2.45) is 0 Å². The van der Waals surface area contributed by atoms with E-state index in [4.69, 9.17) is 0 Å². The van der Waals surface area contributed by atoms with Crippen molar-refractivity contribution in [3.63, 3.8) is 0 Å². The standard InChI is InChI=1S/C52H40N2/c1-36-35-53(50-25-12-11-20-45(36)50)41-18-13-19-42(33-32-41)54(44-31-26-37-14-5-6-17-40(37)34-44)43-29-27-39(28-30-43)52-48-23-9-7-21-46(48)51(38-15-3-2-4-16-38)47-22-8-10-24-49(47)52/h2-7,9,11-18,20-35H,8,10,19H2,1H3. The monoisotopic (exact) mass is 692 g/mol. The number of nitrogens with zero attached hydrogens (tertiary/aromatic N) is 2. The van der Waals surface area contributed by atoms with Gasteiger partial charge in [0.05, 0.1) is 5.52 Å². The van der Waals surface area contributed by atoms with E-state index in [1.165, 1.54) is 76.4 Å². The van der Waals surface area contributed by atoms with E-state index in [-0.39, 0.29) is 0 Å². The summed E-state index contributed by atoms with van der Waals surface area (Å²) in [5, 5.41) is 9.06. The third-order valence-corrected chi connectivity index (χ3v) is 11.2. The van der Waals surface area contributed by atoms with Crippen molar-refractivity contribution in [1.29, 1.82) is 0 Å². The summed E-state index contributed by atoms with van der Waals surface area (Å²) in [6.07, 6.45) is 19.2. The minimum Gasteiger partial charge on any atom is -0.316 e. The summed E-state index contributed by atoms with van der Waals surface area (Å²) >= 11 is 0. The predicted molar refractivity (Wildman–Crippen MR) is 231 cm³/mol. The second kappa shape index (κ2) is 13.4. The first kappa shape index (κ1) is 32.0. The Morgan fingerprint density at radius 3 is 1.89 bits per heavy atom. The van der Waals surface area contributed by atoms with E-state index in [2.05, 4.69) is 205 Å². The number of aromatic nitrogens is 1. The van der Waals surface area contributed by atoms with E-state index in [1.807, 2.05) is 0 Å². The maximum absolute atomic E-state index is 2.46. The number of aryl methyl sites for hydroxylation is 1. The summed E-state index contributed by atoms with van der Waals surface area (Å²) < 4.78 is 2.32. The lowest BCUT2D eigenvalue weighted by molar-refractivity contribution is 1.08. The van der Waals surface area contributed by atoms with Gasteiger partial charge in [-0.2, -0.15) is 0 Å². The Balaban J connectivity index is 1.12. The van der Waals surface area contributed by atoms with Crippen LogP contribution in [0.1, 0.15) is 24.8 Å². The van der Waals surface area contributed by atoms with Gasteiger partial charge in [0.25, 0.3) is 0 Å². The molecule has 0 N–H and O–H groups in total. The van der Waals surface area contributed by atoms with Gasteiger partial charge in [-0.25, -0.2) is 0 Å². The van der Waals surface area contributed by atoms with Crippen molar-refractivity contribution < 1.29 is 0 Å². The lowest BCUT2D eigenvalue weighted by Crippen LogP contribution is -2.31. The highest BCUT2D eigenvalue weighted by atomic mass is 15.1. The van der Waals surface area contributed by atoms with Gasteiger partial charge in [0.15, 0.2) is 0 Å². The van der Waals surface area contributed by atoms with Crippen LogP contribution in [-0.2, 0) is 0 Å². The van der Waals surface area contributed by atoms with Crippen LogP contribution in [0.2, 0.25) is 0 Å². The SMILES string of the molecule is Cc1cn(C2=CC=C(N(c3ccc(-c4c5c(c(-c6ccccc6)c6ccccc46)=CCCC=5)cc3)c3ccc4ccccc4c3)CC=C2)c2ccccc12. The number of fused-ring (bicyclic) bond motifs is 4. The second-order valence-corrected chi connectivity index (χ2v) is 14.4. The molecule has 1 heterocycles. The number of rotatable bonds is 6. The molecule has 0 saturated carbocycles. The van der Waals surface area contributed by atoms with Crippen LogP contribution in [0.5, 0.6) is 0 Å². The zero-order valence-corrected chi connectivity index (χ0v) is 30.4. The third kappa shape index (κ3) is 5.50. The van der Waals surface area contributed by atoms with Gasteiger partial charge in [0, 0.05) is 40.8 Å². The minimum atomic E-state index is 0.802. The maximum atomic E-state index is 2.46. The fourth-order valence-electron chi connectivity index (χ4n) is 8.65. The number of hydrogen-bond donors (Lipinski definition) is 0. The molecule has 2 aliphatic carbocycles. The molecule has 258 valence electrons. The zero-order chi connectivity index (χ0) is 36.0. The molecule has 0 bridgehead atoms. The molecule has 54 heavy (non-hydrogen) atoms. The Morgan fingerprint density at radius 1 is 0.537 bits per heavy atom. The first-order valence-electron chi connectivity index (χ1n) is 19.1. The van der Waals surface area contributed by atoms with Crippen LogP contribution in [0.3, 0.4) is 0 Å². The van der Waals surface area contributed by atoms with E-state index < -0.39 is 0 Å². The number of anilines is 2. The lowest BCUT2D eigenvalue weighted by Gasteiger charge is -2.28. The molecule has 2 heteroatoms. The molecule has 10 rings (SSSR count). The van der Waals surface area contributed by atoms with Crippen molar-refractivity contribution >= 4 is 61.7 Å². The van der Waals surface area contributed by atoms with Gasteiger partial charge in [-0.1, -0.05) is 133 Å². The fraction of sp³-hybridized carbons (Fsp3) is 0.0769. The minimum absolute atomic E-state index is 0.802. The molecule has 0 spiro atoms. The van der Waals surface area contributed by atoms with Gasteiger partial charge in [0.2, 0.25) is 0 Å². The molecule has 0 fully saturated rings. The van der Waals surface area contributed by atoms with Crippen molar-refractivity contribution in [1.82, 2.24) is 4.57 Å². The Hall–Kier alpha value is -6.64. The van der Waals surface area contributed by atoms with Crippen molar-refractivity contribution in [3.8, 4) is 22.3 Å². The summed E-state index contributed by atoms with van der Waals surface area (Å²) in [6, 6.07) is 53.3. The number of allylic oxidation sites excluding steroid dienone is 5. The summed E-state index contributed by atoms with van der Waals surface area (Å²) in [7, 11) is 0. The smallest absolute Gasteiger partial charge is 0.0531 e. The van der Waals surface area contributed by atoms with Gasteiger partial charge in [0.1, 0.15) is 0 Å². The number of benzene rings is 7. The van der Waals surface area contributed by atoms with Gasteiger partial charge < -0.3 is 9.47 Å². The van der Waals surface area contributed by atoms with E-state index in [1.54, 1.807) is 0 Å². The average molecular weight is 693 g/mol. The highest BCUT2D eigenvalue weighted by molar-refractivity contribution is 6.06. The molecule has 7 aromatic carbocycles. The molecule has 2 nitrogen and oxygen atoms in total. The predicted octanol–water partition coefficient (Wildman–Crippen LogP) is 12.5. The highest BCUT2D eigenvalue weighted by Crippen LogP contribution is 2.38. The topological polar surface area (TPSA) is 8.17 Å². The Morgan fingerprint density at radius 2 is 1.15 bits per heavy atom. The van der Waals surface area contributed by atoms with Gasteiger partial charge in [-0.3, -0.25) is 0 Å². The Kier molecular flexibility index (Phi) is 7.95. The van der Waals surface area contributed by atoms with Crippen LogP contribution < -0.4 is 15.3 Å². The summed E-state index contributed by atoms with van der Waals surface area (Å²) in [5.74, 6) is 0.